The third-order valence-electron chi connectivity index (χ3n) is 6.13. The van der Waals surface area contributed by atoms with Crippen LogP contribution in [0.1, 0.15) is 62.2 Å². The average Bonchev–Trinajstić information content (AvgIpc) is 2.88. The van der Waals surface area contributed by atoms with E-state index >= 15 is 0 Å². The Morgan fingerprint density at radius 2 is 1.86 bits per heavy atom. The van der Waals surface area contributed by atoms with Crippen molar-refractivity contribution in [2.75, 3.05) is 20.3 Å². The molecule has 6 heteroatoms. The van der Waals surface area contributed by atoms with Crippen LogP contribution in [0.3, 0.4) is 0 Å². The van der Waals surface area contributed by atoms with Gasteiger partial charge >= 0.3 is 0 Å². The van der Waals surface area contributed by atoms with Gasteiger partial charge in [0.15, 0.2) is 0 Å². The molecule has 0 aliphatic carbocycles. The minimum absolute atomic E-state index is 0.0535. The summed E-state index contributed by atoms with van der Waals surface area (Å²) in [5.41, 5.74) is 5.21. The number of amides is 2. The molecule has 2 N–H and O–H groups in total. The van der Waals surface area contributed by atoms with Gasteiger partial charge in [0.05, 0.1) is 13.2 Å². The molecule has 1 aliphatic rings. The van der Waals surface area contributed by atoms with Crippen LogP contribution < -0.4 is 15.4 Å². The number of hydrogen-bond acceptors (Lipinski definition) is 4. The molecule has 0 aromatic heterocycles. The van der Waals surface area contributed by atoms with Crippen LogP contribution >= 0.6 is 0 Å². The van der Waals surface area contributed by atoms with Crippen LogP contribution in [-0.2, 0) is 24.3 Å². The summed E-state index contributed by atoms with van der Waals surface area (Å²) in [7, 11) is 1.66. The van der Waals surface area contributed by atoms with Gasteiger partial charge in [0.1, 0.15) is 5.75 Å². The number of rotatable bonds is 5. The van der Waals surface area contributed by atoms with E-state index in [1.165, 1.54) is 0 Å². The van der Waals surface area contributed by atoms with Crippen molar-refractivity contribution >= 4 is 11.8 Å². The molecule has 4 rings (SSSR count). The predicted octanol–water partition coefficient (Wildman–Crippen LogP) is 4.65. The summed E-state index contributed by atoms with van der Waals surface area (Å²) < 4.78 is 11.4. The summed E-state index contributed by atoms with van der Waals surface area (Å²) in [6.07, 6.45) is 3.35. The largest absolute Gasteiger partial charge is 0.493 e. The maximum Gasteiger partial charge on any atom is 0.251 e. The Morgan fingerprint density at radius 1 is 1.00 bits per heavy atom. The number of carbonyl (C=O) groups is 2. The summed E-state index contributed by atoms with van der Waals surface area (Å²) in [5, 5.41) is 6.02. The highest BCUT2D eigenvalue weighted by Crippen LogP contribution is 2.25. The van der Waals surface area contributed by atoms with E-state index in [1.807, 2.05) is 66.7 Å². The molecule has 0 radical (unpaired) electrons. The highest BCUT2D eigenvalue weighted by Gasteiger charge is 2.14. The Balaban J connectivity index is 1.55. The van der Waals surface area contributed by atoms with Gasteiger partial charge in [0.2, 0.25) is 0 Å². The SMILES string of the molecule is COCc1ccccc1CNC(=O)c1ccc2c(c1)Cc1cccc(c1)C(=O)NCCCCCO2. The highest BCUT2D eigenvalue weighted by atomic mass is 16.5. The van der Waals surface area contributed by atoms with Gasteiger partial charge in [-0.3, -0.25) is 9.59 Å². The summed E-state index contributed by atoms with van der Waals surface area (Å²) in [5.74, 6) is 0.578. The molecule has 182 valence electrons. The van der Waals surface area contributed by atoms with E-state index in [2.05, 4.69) is 10.6 Å². The van der Waals surface area contributed by atoms with Crippen molar-refractivity contribution in [1.29, 1.82) is 0 Å². The second-order valence-corrected chi connectivity index (χ2v) is 8.75. The number of methoxy groups -OCH3 is 1. The maximum atomic E-state index is 13.0. The zero-order chi connectivity index (χ0) is 24.5. The molecular formula is C29H32N2O4. The molecule has 3 aromatic rings. The molecular weight excluding hydrogens is 440 g/mol. The number of carbonyl (C=O) groups excluding carboxylic acids is 2. The van der Waals surface area contributed by atoms with Gasteiger partial charge in [-0.15, -0.1) is 0 Å². The van der Waals surface area contributed by atoms with Gasteiger partial charge in [0.25, 0.3) is 11.8 Å². The summed E-state index contributed by atoms with van der Waals surface area (Å²) in [6.45, 7) is 2.18. The molecule has 35 heavy (non-hydrogen) atoms. The van der Waals surface area contributed by atoms with Crippen molar-refractivity contribution in [2.45, 2.75) is 38.8 Å². The number of hydrogen-bond donors (Lipinski definition) is 2. The van der Waals surface area contributed by atoms with Crippen LogP contribution in [0.2, 0.25) is 0 Å². The second-order valence-electron chi connectivity index (χ2n) is 8.75. The van der Waals surface area contributed by atoms with Crippen LogP contribution in [0.25, 0.3) is 0 Å². The van der Waals surface area contributed by atoms with Crippen LogP contribution in [-0.4, -0.2) is 32.1 Å². The highest BCUT2D eigenvalue weighted by molar-refractivity contribution is 5.95. The van der Waals surface area contributed by atoms with Gasteiger partial charge < -0.3 is 20.1 Å². The molecule has 0 saturated carbocycles. The standard InChI is InChI=1S/C29H32N2O4/c1-34-20-25-10-4-3-9-24(25)19-31-29(33)23-12-13-27-26(18-23)17-21-8-7-11-22(16-21)28(32)30-14-5-2-6-15-35-27/h3-4,7-13,16,18H,2,5-6,14-15,17,19-20H2,1H3,(H,30,32)(H,31,33). The van der Waals surface area contributed by atoms with E-state index in [4.69, 9.17) is 9.47 Å². The number of fused-ring (bicyclic) bond motifs is 3. The number of benzene rings is 3. The van der Waals surface area contributed by atoms with E-state index in [0.29, 0.717) is 43.9 Å². The van der Waals surface area contributed by atoms with E-state index < -0.39 is 0 Å². The molecule has 0 atom stereocenters. The smallest absolute Gasteiger partial charge is 0.251 e. The summed E-state index contributed by atoms with van der Waals surface area (Å²) in [6, 6.07) is 21.1. The van der Waals surface area contributed by atoms with Crippen molar-refractivity contribution < 1.29 is 19.1 Å². The van der Waals surface area contributed by atoms with Gasteiger partial charge in [-0.25, -0.2) is 0 Å². The molecule has 0 spiro atoms. The Kier molecular flexibility index (Phi) is 8.52. The first kappa shape index (κ1) is 24.5. The molecule has 2 bridgehead atoms. The molecule has 6 nitrogen and oxygen atoms in total. The zero-order valence-electron chi connectivity index (χ0n) is 20.1. The lowest BCUT2D eigenvalue weighted by molar-refractivity contribution is 0.0943. The van der Waals surface area contributed by atoms with Crippen molar-refractivity contribution in [1.82, 2.24) is 10.6 Å². The second kappa shape index (κ2) is 12.2. The predicted molar refractivity (Wildman–Crippen MR) is 136 cm³/mol. The summed E-state index contributed by atoms with van der Waals surface area (Å²) >= 11 is 0. The van der Waals surface area contributed by atoms with Gasteiger partial charge in [-0.1, -0.05) is 36.4 Å². The fourth-order valence-corrected chi connectivity index (χ4v) is 4.24. The quantitative estimate of drug-likeness (QED) is 0.567. The Bertz CT molecular complexity index is 1170. The first-order chi connectivity index (χ1) is 17.1. The fraction of sp³-hybridized carbons (Fsp3) is 0.310. The fourth-order valence-electron chi connectivity index (χ4n) is 4.24. The molecule has 0 saturated heterocycles. The van der Waals surface area contributed by atoms with E-state index in [-0.39, 0.29) is 11.8 Å². The lowest BCUT2D eigenvalue weighted by atomic mass is 9.99. The first-order valence-electron chi connectivity index (χ1n) is 12.1. The monoisotopic (exact) mass is 472 g/mol. The van der Waals surface area contributed by atoms with Gasteiger partial charge in [-0.2, -0.15) is 0 Å². The third kappa shape index (κ3) is 6.70. The number of ether oxygens (including phenoxy) is 2. The van der Waals surface area contributed by atoms with Crippen LogP contribution in [0.5, 0.6) is 5.75 Å². The minimum Gasteiger partial charge on any atom is -0.493 e. The minimum atomic E-state index is -0.146. The normalized spacial score (nSPS) is 14.1. The summed E-state index contributed by atoms with van der Waals surface area (Å²) in [4.78, 5) is 25.5. The van der Waals surface area contributed by atoms with Crippen LogP contribution in [0.4, 0.5) is 0 Å². The average molecular weight is 473 g/mol. The van der Waals surface area contributed by atoms with E-state index in [1.54, 1.807) is 7.11 Å². The van der Waals surface area contributed by atoms with Crippen molar-refractivity contribution in [3.8, 4) is 5.75 Å². The van der Waals surface area contributed by atoms with Gasteiger partial charge in [-0.05, 0) is 71.8 Å². The Morgan fingerprint density at radius 3 is 2.71 bits per heavy atom. The van der Waals surface area contributed by atoms with E-state index in [0.717, 1.165) is 47.3 Å². The van der Waals surface area contributed by atoms with Crippen molar-refractivity contribution in [3.63, 3.8) is 0 Å². The van der Waals surface area contributed by atoms with Gasteiger partial charge in [0, 0.05) is 37.7 Å². The lowest BCUT2D eigenvalue weighted by Gasteiger charge is -2.15. The van der Waals surface area contributed by atoms with Crippen LogP contribution in [0, 0.1) is 0 Å². The Hall–Kier alpha value is -3.64. The van der Waals surface area contributed by atoms with Crippen molar-refractivity contribution in [2.24, 2.45) is 0 Å². The number of nitrogens with one attached hydrogen (secondary N) is 2. The molecule has 1 aliphatic heterocycles. The Labute approximate surface area is 206 Å². The van der Waals surface area contributed by atoms with Crippen LogP contribution in [0.15, 0.2) is 66.7 Å². The molecule has 3 aromatic carbocycles. The maximum absolute atomic E-state index is 13.0. The first-order valence-corrected chi connectivity index (χ1v) is 12.1. The topological polar surface area (TPSA) is 76.7 Å². The lowest BCUT2D eigenvalue weighted by Crippen LogP contribution is -2.24. The molecule has 1 heterocycles. The van der Waals surface area contributed by atoms with E-state index in [9.17, 15) is 9.59 Å². The van der Waals surface area contributed by atoms with Crippen molar-refractivity contribution in [3.05, 3.63) is 100 Å². The third-order valence-corrected chi connectivity index (χ3v) is 6.13. The molecule has 0 unspecified atom stereocenters. The zero-order valence-corrected chi connectivity index (χ0v) is 20.1. The molecule has 0 fully saturated rings. The molecule has 2 amide bonds.